The average Bonchev–Trinajstić information content (AvgIpc) is 2.83. The monoisotopic (exact) mass is 326 g/mol. The lowest BCUT2D eigenvalue weighted by Crippen LogP contribution is -2.46. The summed E-state index contributed by atoms with van der Waals surface area (Å²) in [6.07, 6.45) is 4.35. The van der Waals surface area contributed by atoms with Crippen LogP contribution in [0.3, 0.4) is 0 Å². The molecule has 0 radical (unpaired) electrons. The van der Waals surface area contributed by atoms with Crippen LogP contribution < -0.4 is 5.69 Å². The topological polar surface area (TPSA) is 104 Å². The third-order valence-corrected chi connectivity index (χ3v) is 5.80. The van der Waals surface area contributed by atoms with Gasteiger partial charge in [-0.1, -0.05) is 0 Å². The van der Waals surface area contributed by atoms with E-state index in [2.05, 4.69) is 15.0 Å². The van der Waals surface area contributed by atoms with Crippen molar-refractivity contribution in [2.45, 2.75) is 18.9 Å². The van der Waals surface area contributed by atoms with E-state index in [0.717, 1.165) is 6.42 Å². The minimum Gasteiger partial charge on any atom is -0.303 e. The molecule has 9 nitrogen and oxygen atoms in total. The third-order valence-electron chi connectivity index (χ3n) is 3.89. The molecule has 10 heteroatoms. The fourth-order valence-corrected chi connectivity index (χ4v) is 3.97. The molecule has 3 rings (SSSR count). The van der Waals surface area contributed by atoms with Crippen LogP contribution in [0.4, 0.5) is 0 Å². The molecule has 1 atom stereocenters. The molecule has 1 N–H and O–H groups in total. The Labute approximate surface area is 127 Å². The number of H-pyrrole nitrogens is 1. The van der Waals surface area contributed by atoms with E-state index in [-0.39, 0.29) is 18.3 Å². The Kier molecular flexibility index (Phi) is 3.75. The van der Waals surface area contributed by atoms with Crippen molar-refractivity contribution in [2.75, 3.05) is 27.2 Å². The van der Waals surface area contributed by atoms with Crippen LogP contribution in [0.1, 0.15) is 18.9 Å². The van der Waals surface area contributed by atoms with Crippen LogP contribution in [0, 0.1) is 0 Å². The van der Waals surface area contributed by atoms with Gasteiger partial charge in [0.1, 0.15) is 11.8 Å². The summed E-state index contributed by atoms with van der Waals surface area (Å²) in [5, 5.41) is 0. The summed E-state index contributed by atoms with van der Waals surface area (Å²) >= 11 is 0. The zero-order valence-electron chi connectivity index (χ0n) is 12.4. The number of piperidine rings is 1. The lowest BCUT2D eigenvalue weighted by atomic mass is 10.1. The van der Waals surface area contributed by atoms with Crippen molar-refractivity contribution in [1.82, 2.24) is 28.1 Å². The maximum absolute atomic E-state index is 12.3. The molecule has 0 amide bonds. The molecule has 0 aromatic carbocycles. The van der Waals surface area contributed by atoms with E-state index in [9.17, 15) is 13.2 Å². The van der Waals surface area contributed by atoms with Gasteiger partial charge in [-0.2, -0.15) is 17.0 Å². The zero-order chi connectivity index (χ0) is 15.9. The summed E-state index contributed by atoms with van der Waals surface area (Å²) in [7, 11) is -0.474. The van der Waals surface area contributed by atoms with Crippen LogP contribution in [0.15, 0.2) is 17.3 Å². The van der Waals surface area contributed by atoms with Gasteiger partial charge in [0.25, 0.3) is 10.2 Å². The van der Waals surface area contributed by atoms with Gasteiger partial charge >= 0.3 is 5.69 Å². The maximum Gasteiger partial charge on any atom is 0.328 e. The second-order valence-electron chi connectivity index (χ2n) is 5.50. The molecule has 0 saturated carbocycles. The number of hydrogen-bond acceptors (Lipinski definition) is 5. The average molecular weight is 326 g/mol. The van der Waals surface area contributed by atoms with Crippen molar-refractivity contribution >= 4 is 21.4 Å². The van der Waals surface area contributed by atoms with Crippen LogP contribution in [0.2, 0.25) is 0 Å². The van der Waals surface area contributed by atoms with E-state index in [0.29, 0.717) is 24.1 Å². The van der Waals surface area contributed by atoms with E-state index in [1.54, 1.807) is 0 Å². The second-order valence-corrected chi connectivity index (χ2v) is 7.65. The van der Waals surface area contributed by atoms with E-state index < -0.39 is 10.2 Å². The van der Waals surface area contributed by atoms with Crippen LogP contribution in [0.25, 0.3) is 11.2 Å². The molecule has 120 valence electrons. The zero-order valence-corrected chi connectivity index (χ0v) is 13.2. The van der Waals surface area contributed by atoms with Crippen molar-refractivity contribution in [3.8, 4) is 0 Å². The molecule has 0 bridgehead atoms. The number of imidazole rings is 1. The highest BCUT2D eigenvalue weighted by atomic mass is 32.2. The second kappa shape index (κ2) is 5.45. The minimum absolute atomic E-state index is 0.236. The fourth-order valence-electron chi connectivity index (χ4n) is 2.79. The Morgan fingerprint density at radius 1 is 1.41 bits per heavy atom. The Morgan fingerprint density at radius 3 is 2.91 bits per heavy atom. The van der Waals surface area contributed by atoms with Gasteiger partial charge in [0.05, 0.1) is 12.2 Å². The van der Waals surface area contributed by atoms with Crippen LogP contribution in [-0.4, -0.2) is 63.7 Å². The maximum atomic E-state index is 12.3. The first-order valence-corrected chi connectivity index (χ1v) is 8.39. The SMILES string of the molecule is CN(C)S(=O)(=O)N1CCCC(n2c(=O)[nH]c3cncnc32)C1. The summed E-state index contributed by atoms with van der Waals surface area (Å²) in [4.78, 5) is 22.9. The van der Waals surface area contributed by atoms with E-state index in [1.807, 2.05) is 0 Å². The molecule has 3 heterocycles. The molecule has 1 aliphatic heterocycles. The van der Waals surface area contributed by atoms with Gasteiger partial charge in [-0.15, -0.1) is 0 Å². The van der Waals surface area contributed by atoms with Gasteiger partial charge in [0.15, 0.2) is 5.65 Å². The molecule has 0 aliphatic carbocycles. The minimum atomic E-state index is -3.48. The Bertz CT molecular complexity index is 840. The van der Waals surface area contributed by atoms with Gasteiger partial charge in [-0.3, -0.25) is 4.57 Å². The molecule has 0 spiro atoms. The quantitative estimate of drug-likeness (QED) is 0.823. The molecule has 1 aliphatic rings. The predicted octanol–water partition coefficient (Wildman–Crippen LogP) is -0.437. The van der Waals surface area contributed by atoms with Crippen molar-refractivity contribution in [1.29, 1.82) is 0 Å². The Morgan fingerprint density at radius 2 is 2.18 bits per heavy atom. The van der Waals surface area contributed by atoms with E-state index >= 15 is 0 Å². The molecule has 2 aromatic rings. The summed E-state index contributed by atoms with van der Waals surface area (Å²) in [5.41, 5.74) is 0.777. The van der Waals surface area contributed by atoms with Gasteiger partial charge in [0.2, 0.25) is 0 Å². The molecule has 22 heavy (non-hydrogen) atoms. The number of hydrogen-bond donors (Lipinski definition) is 1. The van der Waals surface area contributed by atoms with Crippen LogP contribution in [-0.2, 0) is 10.2 Å². The highest BCUT2D eigenvalue weighted by Gasteiger charge is 2.32. The fraction of sp³-hybridized carbons (Fsp3) is 0.583. The lowest BCUT2D eigenvalue weighted by Gasteiger charge is -2.33. The number of aromatic amines is 1. The van der Waals surface area contributed by atoms with Crippen molar-refractivity contribution in [3.05, 3.63) is 23.0 Å². The lowest BCUT2D eigenvalue weighted by molar-refractivity contribution is 0.255. The van der Waals surface area contributed by atoms with E-state index in [4.69, 9.17) is 0 Å². The first-order valence-electron chi connectivity index (χ1n) is 6.99. The number of nitrogens with one attached hydrogen (secondary N) is 1. The highest BCUT2D eigenvalue weighted by molar-refractivity contribution is 7.86. The predicted molar refractivity (Wildman–Crippen MR) is 80.6 cm³/mol. The molecular formula is C12H18N6O3S. The largest absolute Gasteiger partial charge is 0.328 e. The van der Waals surface area contributed by atoms with Crippen molar-refractivity contribution < 1.29 is 8.42 Å². The molecule has 1 saturated heterocycles. The van der Waals surface area contributed by atoms with Gasteiger partial charge in [-0.05, 0) is 12.8 Å². The Hall–Kier alpha value is -1.78. The molecular weight excluding hydrogens is 308 g/mol. The number of fused-ring (bicyclic) bond motifs is 1. The summed E-state index contributed by atoms with van der Waals surface area (Å²) in [6, 6.07) is -0.236. The van der Waals surface area contributed by atoms with Crippen molar-refractivity contribution in [3.63, 3.8) is 0 Å². The normalized spacial score (nSPS) is 20.8. The standard InChI is InChI=1S/C12H18N6O3S/c1-16(2)22(20,21)17-5-3-4-9(7-17)18-11-10(15-12(18)19)6-13-8-14-11/h6,8-9H,3-5,7H2,1-2H3,(H,15,19). The smallest absolute Gasteiger partial charge is 0.303 e. The first kappa shape index (κ1) is 15.1. The van der Waals surface area contributed by atoms with Gasteiger partial charge < -0.3 is 4.98 Å². The van der Waals surface area contributed by atoms with Gasteiger partial charge in [-0.25, -0.2) is 14.8 Å². The summed E-state index contributed by atoms with van der Waals surface area (Å²) < 4.78 is 28.7. The van der Waals surface area contributed by atoms with Crippen LogP contribution in [0.5, 0.6) is 0 Å². The number of nitrogens with zero attached hydrogens (tertiary/aromatic N) is 5. The highest BCUT2D eigenvalue weighted by Crippen LogP contribution is 2.25. The van der Waals surface area contributed by atoms with Gasteiger partial charge in [0, 0.05) is 27.2 Å². The number of aromatic nitrogens is 4. The summed E-state index contributed by atoms with van der Waals surface area (Å²) in [6.45, 7) is 0.723. The first-order chi connectivity index (χ1) is 10.4. The number of rotatable bonds is 3. The summed E-state index contributed by atoms with van der Waals surface area (Å²) in [5.74, 6) is 0. The molecule has 1 fully saturated rings. The Balaban J connectivity index is 1.98. The molecule has 2 aromatic heterocycles. The van der Waals surface area contributed by atoms with Crippen molar-refractivity contribution in [2.24, 2.45) is 0 Å². The van der Waals surface area contributed by atoms with Crippen LogP contribution >= 0.6 is 0 Å². The van der Waals surface area contributed by atoms with E-state index in [1.165, 1.54) is 39.8 Å². The molecule has 1 unspecified atom stereocenters. The third kappa shape index (κ3) is 2.42.